The number of anilines is 2. The van der Waals surface area contributed by atoms with Crippen LogP contribution in [0, 0.1) is 16.7 Å². The van der Waals surface area contributed by atoms with Gasteiger partial charge in [-0.2, -0.15) is 5.26 Å². The van der Waals surface area contributed by atoms with Crippen LogP contribution in [0.4, 0.5) is 11.5 Å². The number of aryl methyl sites for hydroxylation is 1. The second kappa shape index (κ2) is 7.85. The third kappa shape index (κ3) is 3.50. The maximum Gasteiger partial charge on any atom is 0.128 e. The first-order chi connectivity index (χ1) is 15.1. The van der Waals surface area contributed by atoms with Gasteiger partial charge in [0.05, 0.1) is 11.1 Å². The van der Waals surface area contributed by atoms with Gasteiger partial charge in [0.25, 0.3) is 0 Å². The maximum absolute atomic E-state index is 9.48. The van der Waals surface area contributed by atoms with Gasteiger partial charge < -0.3 is 9.80 Å². The monoisotopic (exact) mass is 411 g/mol. The molecule has 2 saturated heterocycles. The Labute approximate surface area is 184 Å². The molecule has 1 atom stereocenters. The summed E-state index contributed by atoms with van der Waals surface area (Å²) < 4.78 is 0. The van der Waals surface area contributed by atoms with Crippen LogP contribution in [0.2, 0.25) is 0 Å². The molecule has 5 nitrogen and oxygen atoms in total. The van der Waals surface area contributed by atoms with Crippen LogP contribution in [0.25, 0.3) is 10.9 Å². The minimum Gasteiger partial charge on any atom is -0.368 e. The van der Waals surface area contributed by atoms with Crippen LogP contribution >= 0.6 is 0 Å². The Morgan fingerprint density at radius 1 is 1.13 bits per heavy atom. The first-order valence-electron chi connectivity index (χ1n) is 11.4. The molecule has 158 valence electrons. The van der Waals surface area contributed by atoms with Gasteiger partial charge in [0.15, 0.2) is 0 Å². The van der Waals surface area contributed by atoms with Gasteiger partial charge in [0.1, 0.15) is 11.9 Å². The molecule has 0 bridgehead atoms. The molecule has 4 heterocycles. The molecule has 1 aromatic carbocycles. The van der Waals surface area contributed by atoms with E-state index in [0.29, 0.717) is 17.0 Å². The average Bonchev–Trinajstić information content (AvgIpc) is 3.14. The van der Waals surface area contributed by atoms with Crippen molar-refractivity contribution in [1.82, 2.24) is 9.97 Å². The van der Waals surface area contributed by atoms with E-state index in [1.807, 2.05) is 18.3 Å². The van der Waals surface area contributed by atoms with Crippen LogP contribution in [0.3, 0.4) is 0 Å². The fourth-order valence-corrected chi connectivity index (χ4v) is 5.52. The van der Waals surface area contributed by atoms with Crippen molar-refractivity contribution in [2.75, 3.05) is 29.4 Å². The van der Waals surface area contributed by atoms with Gasteiger partial charge in [-0.25, -0.2) is 4.98 Å². The summed E-state index contributed by atoms with van der Waals surface area (Å²) in [4.78, 5) is 14.2. The Kier molecular flexibility index (Phi) is 5.02. The quantitative estimate of drug-likeness (QED) is 0.610. The zero-order valence-electron chi connectivity index (χ0n) is 18.4. The molecule has 0 saturated carbocycles. The predicted molar refractivity (Wildman–Crippen MR) is 125 cm³/mol. The van der Waals surface area contributed by atoms with Crippen LogP contribution < -0.4 is 9.80 Å². The number of piperidine rings is 1. The SMILES string of the molecule is CCc1ccc(N2CCC3(CC2)CC(C)N(c2ccc(C#N)c4ncccc24)C3)nc1. The average molecular weight is 412 g/mol. The highest BCUT2D eigenvalue weighted by molar-refractivity contribution is 5.95. The lowest BCUT2D eigenvalue weighted by Gasteiger charge is -2.40. The molecule has 1 spiro atoms. The second-order valence-electron chi connectivity index (χ2n) is 9.19. The largest absolute Gasteiger partial charge is 0.368 e. The van der Waals surface area contributed by atoms with Crippen molar-refractivity contribution in [3.05, 3.63) is 59.9 Å². The van der Waals surface area contributed by atoms with E-state index in [1.54, 1.807) is 6.20 Å². The Morgan fingerprint density at radius 2 is 1.97 bits per heavy atom. The zero-order chi connectivity index (χ0) is 21.4. The van der Waals surface area contributed by atoms with E-state index in [1.165, 1.54) is 30.5 Å². The van der Waals surface area contributed by atoms with Gasteiger partial charge in [-0.3, -0.25) is 4.98 Å². The molecule has 0 N–H and O–H groups in total. The number of benzene rings is 1. The van der Waals surface area contributed by atoms with Gasteiger partial charge in [0.2, 0.25) is 0 Å². The minimum atomic E-state index is 0.349. The number of rotatable bonds is 3. The highest BCUT2D eigenvalue weighted by Gasteiger charge is 2.44. The molecule has 2 aliphatic heterocycles. The first-order valence-corrected chi connectivity index (χ1v) is 11.4. The molecule has 3 aromatic rings. The lowest BCUT2D eigenvalue weighted by atomic mass is 9.77. The summed E-state index contributed by atoms with van der Waals surface area (Å²) in [6.07, 6.45) is 8.42. The van der Waals surface area contributed by atoms with Crippen LogP contribution in [-0.4, -0.2) is 35.6 Å². The van der Waals surface area contributed by atoms with Crippen LogP contribution in [0.15, 0.2) is 48.8 Å². The number of nitriles is 1. The summed E-state index contributed by atoms with van der Waals surface area (Å²) in [5.41, 5.74) is 4.32. The second-order valence-corrected chi connectivity index (χ2v) is 9.19. The van der Waals surface area contributed by atoms with E-state index in [-0.39, 0.29) is 0 Å². The van der Waals surface area contributed by atoms with Crippen molar-refractivity contribution in [1.29, 1.82) is 5.26 Å². The zero-order valence-corrected chi connectivity index (χ0v) is 18.4. The van der Waals surface area contributed by atoms with E-state index in [9.17, 15) is 5.26 Å². The number of hydrogen-bond acceptors (Lipinski definition) is 5. The van der Waals surface area contributed by atoms with Gasteiger partial charge in [-0.05, 0) is 73.9 Å². The topological polar surface area (TPSA) is 56.0 Å². The van der Waals surface area contributed by atoms with E-state index in [0.717, 1.165) is 42.8 Å². The van der Waals surface area contributed by atoms with Crippen molar-refractivity contribution >= 4 is 22.4 Å². The number of hydrogen-bond donors (Lipinski definition) is 0. The van der Waals surface area contributed by atoms with Crippen molar-refractivity contribution in [2.24, 2.45) is 5.41 Å². The van der Waals surface area contributed by atoms with Crippen LogP contribution in [-0.2, 0) is 6.42 Å². The lowest BCUT2D eigenvalue weighted by Crippen LogP contribution is -2.42. The summed E-state index contributed by atoms with van der Waals surface area (Å²) in [5, 5.41) is 10.6. The third-order valence-electron chi connectivity index (χ3n) is 7.31. The normalized spacial score (nSPS) is 20.4. The molecule has 1 unspecified atom stereocenters. The van der Waals surface area contributed by atoms with E-state index < -0.39 is 0 Å². The summed E-state index contributed by atoms with van der Waals surface area (Å²) >= 11 is 0. The van der Waals surface area contributed by atoms with Gasteiger partial charge in [0, 0.05) is 49.1 Å². The van der Waals surface area contributed by atoms with Crippen molar-refractivity contribution in [3.63, 3.8) is 0 Å². The standard InChI is InChI=1S/C26H29N5/c1-3-20-6-9-24(29-17-20)30-13-10-26(11-14-30)15-19(2)31(18-26)23-8-7-21(16-27)25-22(23)5-4-12-28-25/h4-9,12,17,19H,3,10-11,13-15,18H2,1-2H3. The molecule has 0 aliphatic carbocycles. The number of nitrogens with zero attached hydrogens (tertiary/aromatic N) is 5. The summed E-state index contributed by atoms with van der Waals surface area (Å²) in [6.45, 7) is 7.71. The molecule has 2 aliphatic rings. The molecule has 0 amide bonds. The van der Waals surface area contributed by atoms with Gasteiger partial charge >= 0.3 is 0 Å². The fourth-order valence-electron chi connectivity index (χ4n) is 5.52. The Balaban J connectivity index is 1.36. The number of pyridine rings is 2. The number of aromatic nitrogens is 2. The molecule has 2 fully saturated rings. The lowest BCUT2D eigenvalue weighted by molar-refractivity contribution is 0.244. The Morgan fingerprint density at radius 3 is 2.68 bits per heavy atom. The molecular weight excluding hydrogens is 382 g/mol. The van der Waals surface area contributed by atoms with Crippen molar-refractivity contribution in [3.8, 4) is 6.07 Å². The molecule has 5 rings (SSSR count). The first kappa shape index (κ1) is 19.8. The molecule has 5 heteroatoms. The van der Waals surface area contributed by atoms with Crippen LogP contribution in [0.1, 0.15) is 44.2 Å². The Bertz CT molecular complexity index is 1120. The fraction of sp³-hybridized carbons (Fsp3) is 0.423. The van der Waals surface area contributed by atoms with Crippen molar-refractivity contribution in [2.45, 2.75) is 45.6 Å². The maximum atomic E-state index is 9.48. The van der Waals surface area contributed by atoms with Crippen molar-refractivity contribution < 1.29 is 0 Å². The highest BCUT2D eigenvalue weighted by Crippen LogP contribution is 2.46. The van der Waals surface area contributed by atoms with E-state index >= 15 is 0 Å². The number of fused-ring (bicyclic) bond motifs is 1. The summed E-state index contributed by atoms with van der Waals surface area (Å²) in [7, 11) is 0. The minimum absolute atomic E-state index is 0.349. The van der Waals surface area contributed by atoms with Gasteiger partial charge in [-0.1, -0.05) is 13.0 Å². The smallest absolute Gasteiger partial charge is 0.128 e. The highest BCUT2D eigenvalue weighted by atomic mass is 15.2. The summed E-state index contributed by atoms with van der Waals surface area (Å²) in [5.74, 6) is 1.11. The van der Waals surface area contributed by atoms with E-state index in [2.05, 4.69) is 59.0 Å². The van der Waals surface area contributed by atoms with Gasteiger partial charge in [-0.15, -0.1) is 0 Å². The summed E-state index contributed by atoms with van der Waals surface area (Å²) in [6, 6.07) is 15.3. The molecule has 31 heavy (non-hydrogen) atoms. The molecule has 2 aromatic heterocycles. The molecule has 0 radical (unpaired) electrons. The molecular formula is C26H29N5. The Hall–Kier alpha value is -3.13. The van der Waals surface area contributed by atoms with Crippen LogP contribution in [0.5, 0.6) is 0 Å². The predicted octanol–water partition coefficient (Wildman–Crippen LogP) is 4.95. The third-order valence-corrected chi connectivity index (χ3v) is 7.31. The van der Waals surface area contributed by atoms with E-state index in [4.69, 9.17) is 4.98 Å².